The van der Waals surface area contributed by atoms with Crippen molar-refractivity contribution in [3.05, 3.63) is 53.1 Å². The van der Waals surface area contributed by atoms with Crippen LogP contribution in [-0.4, -0.2) is 39.1 Å². The normalized spacial score (nSPS) is 10.8. The zero-order chi connectivity index (χ0) is 16.9. The molecule has 1 aromatic carbocycles. The predicted molar refractivity (Wildman–Crippen MR) is 89.4 cm³/mol. The number of ether oxygens (including phenoxy) is 1. The van der Waals surface area contributed by atoms with Gasteiger partial charge < -0.3 is 10.1 Å². The molecule has 0 unspecified atom stereocenters. The molecule has 24 heavy (non-hydrogen) atoms. The van der Waals surface area contributed by atoms with Crippen LogP contribution in [0.3, 0.4) is 0 Å². The average Bonchev–Trinajstić information content (AvgIpc) is 3.06. The Labute approximate surface area is 143 Å². The van der Waals surface area contributed by atoms with Gasteiger partial charge in [-0.05, 0) is 36.6 Å². The Morgan fingerprint density at radius 1 is 1.38 bits per heavy atom. The molecular weight excluding hydrogens is 330 g/mol. The van der Waals surface area contributed by atoms with Gasteiger partial charge in [0.05, 0.1) is 12.7 Å². The van der Waals surface area contributed by atoms with Crippen LogP contribution in [0.25, 0.3) is 5.78 Å². The van der Waals surface area contributed by atoms with Crippen LogP contribution in [0, 0.1) is 0 Å². The molecule has 2 aromatic heterocycles. The summed E-state index contributed by atoms with van der Waals surface area (Å²) in [6.45, 7) is 0.532. The van der Waals surface area contributed by atoms with E-state index in [-0.39, 0.29) is 5.91 Å². The molecule has 0 fully saturated rings. The van der Waals surface area contributed by atoms with Gasteiger partial charge in [0.2, 0.25) is 0 Å². The van der Waals surface area contributed by atoms with Gasteiger partial charge in [0.25, 0.3) is 11.7 Å². The van der Waals surface area contributed by atoms with Crippen molar-refractivity contribution >= 4 is 23.3 Å². The number of amides is 1. The molecule has 3 rings (SSSR count). The zero-order valence-electron chi connectivity index (χ0n) is 13.1. The fraction of sp³-hybridized carbons (Fsp3) is 0.250. The Morgan fingerprint density at radius 2 is 2.25 bits per heavy atom. The molecule has 2 heterocycles. The van der Waals surface area contributed by atoms with E-state index in [1.165, 1.54) is 13.4 Å². The number of carbonyl (C=O) groups is 1. The maximum absolute atomic E-state index is 12.2. The minimum absolute atomic E-state index is 0.209. The second-order valence-electron chi connectivity index (χ2n) is 5.17. The molecule has 0 atom stereocenters. The van der Waals surface area contributed by atoms with Gasteiger partial charge in [0.15, 0.2) is 0 Å². The molecule has 3 aromatic rings. The van der Waals surface area contributed by atoms with Crippen LogP contribution < -0.4 is 10.1 Å². The molecule has 124 valence electrons. The minimum Gasteiger partial charge on any atom is -0.496 e. The van der Waals surface area contributed by atoms with E-state index in [9.17, 15) is 4.79 Å². The highest BCUT2D eigenvalue weighted by atomic mass is 35.5. The lowest BCUT2D eigenvalue weighted by molar-refractivity contribution is 0.0950. The molecule has 0 saturated carbocycles. The molecule has 7 nitrogen and oxygen atoms in total. The second-order valence-corrected chi connectivity index (χ2v) is 5.61. The summed E-state index contributed by atoms with van der Waals surface area (Å²) in [4.78, 5) is 20.4. The smallest absolute Gasteiger partial charge is 0.255 e. The minimum atomic E-state index is -0.209. The summed E-state index contributed by atoms with van der Waals surface area (Å²) in [6.07, 6.45) is 6.67. The molecule has 0 spiro atoms. The molecule has 1 N–H and O–H groups in total. The Balaban J connectivity index is 1.54. The highest BCUT2D eigenvalue weighted by Crippen LogP contribution is 2.22. The number of halogens is 1. The number of hydrogen-bond acceptors (Lipinski definition) is 5. The SMILES string of the molecule is COc1ccc(Cl)cc1C(=O)NCCCc1cnc2ncnn2c1. The Kier molecular flexibility index (Phi) is 4.90. The number of benzene rings is 1. The monoisotopic (exact) mass is 345 g/mol. The van der Waals surface area contributed by atoms with Gasteiger partial charge in [-0.25, -0.2) is 9.50 Å². The van der Waals surface area contributed by atoms with Crippen molar-refractivity contribution in [1.82, 2.24) is 24.9 Å². The number of methoxy groups -OCH3 is 1. The molecule has 0 aliphatic carbocycles. The lowest BCUT2D eigenvalue weighted by Crippen LogP contribution is -2.25. The van der Waals surface area contributed by atoms with Gasteiger partial charge in [-0.15, -0.1) is 0 Å². The van der Waals surface area contributed by atoms with Gasteiger partial charge in [-0.2, -0.15) is 10.1 Å². The lowest BCUT2D eigenvalue weighted by Gasteiger charge is -2.09. The molecule has 1 amide bonds. The zero-order valence-corrected chi connectivity index (χ0v) is 13.8. The number of rotatable bonds is 6. The van der Waals surface area contributed by atoms with Gasteiger partial charge >= 0.3 is 0 Å². The third-order valence-corrected chi connectivity index (χ3v) is 3.76. The van der Waals surface area contributed by atoms with Crippen LogP contribution in [-0.2, 0) is 6.42 Å². The summed E-state index contributed by atoms with van der Waals surface area (Å²) < 4.78 is 6.82. The number of fused-ring (bicyclic) bond motifs is 1. The average molecular weight is 346 g/mol. The maximum Gasteiger partial charge on any atom is 0.255 e. The molecule has 0 bridgehead atoms. The number of nitrogens with one attached hydrogen (secondary N) is 1. The summed E-state index contributed by atoms with van der Waals surface area (Å²) in [5.41, 5.74) is 1.46. The topological polar surface area (TPSA) is 81.4 Å². The van der Waals surface area contributed by atoms with E-state index < -0.39 is 0 Å². The van der Waals surface area contributed by atoms with Crippen molar-refractivity contribution in [3.63, 3.8) is 0 Å². The van der Waals surface area contributed by atoms with Crippen LogP contribution in [0.1, 0.15) is 22.3 Å². The third-order valence-electron chi connectivity index (χ3n) is 3.52. The second kappa shape index (κ2) is 7.27. The summed E-state index contributed by atoms with van der Waals surface area (Å²) >= 11 is 5.94. The van der Waals surface area contributed by atoms with E-state index in [0.717, 1.165) is 18.4 Å². The lowest BCUT2D eigenvalue weighted by atomic mass is 10.1. The Hall–Kier alpha value is -2.67. The molecule has 0 radical (unpaired) electrons. The summed E-state index contributed by atoms with van der Waals surface area (Å²) in [6, 6.07) is 4.96. The van der Waals surface area contributed by atoms with Crippen molar-refractivity contribution < 1.29 is 9.53 Å². The highest BCUT2D eigenvalue weighted by Gasteiger charge is 2.12. The van der Waals surface area contributed by atoms with Crippen LogP contribution in [0.2, 0.25) is 5.02 Å². The first-order valence-electron chi connectivity index (χ1n) is 7.43. The van der Waals surface area contributed by atoms with Crippen molar-refractivity contribution in [1.29, 1.82) is 0 Å². The number of nitrogens with zero attached hydrogens (tertiary/aromatic N) is 4. The molecule has 8 heteroatoms. The number of aromatic nitrogens is 4. The maximum atomic E-state index is 12.2. The summed E-state index contributed by atoms with van der Waals surface area (Å²) in [5, 5.41) is 7.41. The van der Waals surface area contributed by atoms with Crippen molar-refractivity contribution in [3.8, 4) is 5.75 Å². The van der Waals surface area contributed by atoms with E-state index in [0.29, 0.717) is 28.7 Å². The largest absolute Gasteiger partial charge is 0.496 e. The first kappa shape index (κ1) is 16.2. The van der Waals surface area contributed by atoms with E-state index in [1.807, 2.05) is 6.20 Å². The standard InChI is InChI=1S/C16H16ClN5O2/c1-24-14-5-4-12(17)7-13(14)15(23)18-6-2-3-11-8-19-16-20-10-21-22(16)9-11/h4-5,7-10H,2-3,6H2,1H3,(H,18,23). The molecule has 0 aliphatic heterocycles. The van der Waals surface area contributed by atoms with Crippen LogP contribution in [0.15, 0.2) is 36.9 Å². The first-order valence-corrected chi connectivity index (χ1v) is 7.81. The van der Waals surface area contributed by atoms with Crippen molar-refractivity contribution in [2.75, 3.05) is 13.7 Å². The molecule has 0 aliphatic rings. The van der Waals surface area contributed by atoms with E-state index in [1.54, 1.807) is 28.9 Å². The summed E-state index contributed by atoms with van der Waals surface area (Å²) in [7, 11) is 1.52. The Bertz CT molecular complexity index is 865. The number of aryl methyl sites for hydroxylation is 1. The van der Waals surface area contributed by atoms with Crippen LogP contribution in [0.5, 0.6) is 5.75 Å². The van der Waals surface area contributed by atoms with E-state index >= 15 is 0 Å². The summed E-state index contributed by atoms with van der Waals surface area (Å²) in [5.74, 6) is 0.858. The third kappa shape index (κ3) is 3.62. The number of hydrogen-bond donors (Lipinski definition) is 1. The van der Waals surface area contributed by atoms with Gasteiger partial charge in [0, 0.05) is 24.0 Å². The molecule has 0 saturated heterocycles. The fourth-order valence-corrected chi connectivity index (χ4v) is 2.51. The van der Waals surface area contributed by atoms with Crippen molar-refractivity contribution in [2.24, 2.45) is 0 Å². The predicted octanol–water partition coefficient (Wildman–Crippen LogP) is 2.15. The van der Waals surface area contributed by atoms with Crippen LogP contribution in [0.4, 0.5) is 0 Å². The van der Waals surface area contributed by atoms with Gasteiger partial charge in [-0.1, -0.05) is 11.6 Å². The van der Waals surface area contributed by atoms with Gasteiger partial charge in [0.1, 0.15) is 12.1 Å². The quantitative estimate of drug-likeness (QED) is 0.692. The Morgan fingerprint density at radius 3 is 3.08 bits per heavy atom. The van der Waals surface area contributed by atoms with Crippen molar-refractivity contribution in [2.45, 2.75) is 12.8 Å². The van der Waals surface area contributed by atoms with E-state index in [2.05, 4.69) is 20.4 Å². The fourth-order valence-electron chi connectivity index (χ4n) is 2.33. The first-order chi connectivity index (χ1) is 11.7. The van der Waals surface area contributed by atoms with Gasteiger partial charge in [-0.3, -0.25) is 4.79 Å². The highest BCUT2D eigenvalue weighted by molar-refractivity contribution is 6.31. The van der Waals surface area contributed by atoms with Crippen LogP contribution >= 0.6 is 11.6 Å². The number of carbonyl (C=O) groups excluding carboxylic acids is 1. The van der Waals surface area contributed by atoms with E-state index in [4.69, 9.17) is 16.3 Å². The molecular formula is C16H16ClN5O2.